The van der Waals surface area contributed by atoms with E-state index in [2.05, 4.69) is 22.2 Å². The minimum atomic E-state index is 0.720. The molecule has 0 saturated heterocycles. The van der Waals surface area contributed by atoms with E-state index < -0.39 is 0 Å². The summed E-state index contributed by atoms with van der Waals surface area (Å²) < 4.78 is 0.755. The molecule has 0 saturated carbocycles. The van der Waals surface area contributed by atoms with Gasteiger partial charge in [-0.25, -0.2) is 9.97 Å². The second-order valence-corrected chi connectivity index (χ2v) is 5.01. The quantitative estimate of drug-likeness (QED) is 0.903. The van der Waals surface area contributed by atoms with E-state index in [1.54, 1.807) is 6.20 Å². The van der Waals surface area contributed by atoms with Gasteiger partial charge in [0.2, 0.25) is 0 Å². The zero-order chi connectivity index (χ0) is 11.4. The molecule has 2 aromatic heterocycles. The zero-order valence-corrected chi connectivity index (χ0v) is 10.5. The molecule has 5 heteroatoms. The molecule has 0 bridgehead atoms. The van der Waals surface area contributed by atoms with Gasteiger partial charge in [0, 0.05) is 12.7 Å². The Kier molecular flexibility index (Phi) is 3.74. The Bertz CT molecular complexity index is 470. The SMILES string of the molecule is CCCNc1ccnc(-c2ccc(Cl)s2)n1. The van der Waals surface area contributed by atoms with Gasteiger partial charge in [-0.05, 0) is 24.6 Å². The van der Waals surface area contributed by atoms with Gasteiger partial charge in [-0.2, -0.15) is 0 Å². The Hall–Kier alpha value is -1.13. The van der Waals surface area contributed by atoms with Gasteiger partial charge in [0.05, 0.1) is 9.21 Å². The largest absolute Gasteiger partial charge is 0.370 e. The van der Waals surface area contributed by atoms with Gasteiger partial charge in [-0.15, -0.1) is 11.3 Å². The molecule has 2 rings (SSSR count). The number of hydrogen-bond acceptors (Lipinski definition) is 4. The van der Waals surface area contributed by atoms with E-state index in [0.717, 1.165) is 33.8 Å². The Labute approximate surface area is 104 Å². The summed E-state index contributed by atoms with van der Waals surface area (Å²) in [6, 6.07) is 5.66. The molecule has 16 heavy (non-hydrogen) atoms. The number of anilines is 1. The maximum absolute atomic E-state index is 5.88. The van der Waals surface area contributed by atoms with Crippen molar-refractivity contribution >= 4 is 28.8 Å². The first kappa shape index (κ1) is 11.4. The molecule has 1 N–H and O–H groups in total. The maximum atomic E-state index is 5.88. The first-order valence-corrected chi connectivity index (χ1v) is 6.31. The number of aromatic nitrogens is 2. The lowest BCUT2D eigenvalue weighted by Crippen LogP contribution is -2.02. The second-order valence-electron chi connectivity index (χ2n) is 3.30. The molecule has 0 aliphatic rings. The molecule has 0 spiro atoms. The van der Waals surface area contributed by atoms with Crippen molar-refractivity contribution in [2.24, 2.45) is 0 Å². The highest BCUT2D eigenvalue weighted by atomic mass is 35.5. The van der Waals surface area contributed by atoms with Crippen LogP contribution in [0.5, 0.6) is 0 Å². The number of thiophene rings is 1. The fourth-order valence-corrected chi connectivity index (χ4v) is 2.25. The molecule has 0 aliphatic heterocycles. The Morgan fingerprint density at radius 2 is 2.25 bits per heavy atom. The van der Waals surface area contributed by atoms with E-state index in [1.807, 2.05) is 18.2 Å². The summed E-state index contributed by atoms with van der Waals surface area (Å²) in [6.45, 7) is 3.04. The average molecular weight is 254 g/mol. The molecule has 0 aliphatic carbocycles. The van der Waals surface area contributed by atoms with E-state index in [4.69, 9.17) is 11.6 Å². The maximum Gasteiger partial charge on any atom is 0.171 e. The van der Waals surface area contributed by atoms with Gasteiger partial charge >= 0.3 is 0 Å². The summed E-state index contributed by atoms with van der Waals surface area (Å²) in [6.07, 6.45) is 2.83. The van der Waals surface area contributed by atoms with Crippen LogP contribution in [0.4, 0.5) is 5.82 Å². The summed E-state index contributed by atoms with van der Waals surface area (Å²) in [5.74, 6) is 1.58. The van der Waals surface area contributed by atoms with Crippen molar-refractivity contribution in [1.29, 1.82) is 0 Å². The Morgan fingerprint density at radius 1 is 1.38 bits per heavy atom. The summed E-state index contributed by atoms with van der Waals surface area (Å²) in [7, 11) is 0. The average Bonchev–Trinajstić information content (AvgIpc) is 2.74. The molecule has 2 aromatic rings. The van der Waals surface area contributed by atoms with Crippen molar-refractivity contribution in [2.45, 2.75) is 13.3 Å². The van der Waals surface area contributed by atoms with Gasteiger partial charge < -0.3 is 5.32 Å². The van der Waals surface area contributed by atoms with Crippen LogP contribution in [-0.2, 0) is 0 Å². The van der Waals surface area contributed by atoms with Crippen LogP contribution < -0.4 is 5.32 Å². The number of rotatable bonds is 4. The molecular weight excluding hydrogens is 242 g/mol. The smallest absolute Gasteiger partial charge is 0.171 e. The highest BCUT2D eigenvalue weighted by Gasteiger charge is 2.05. The van der Waals surface area contributed by atoms with E-state index in [-0.39, 0.29) is 0 Å². The van der Waals surface area contributed by atoms with E-state index in [9.17, 15) is 0 Å². The summed E-state index contributed by atoms with van der Waals surface area (Å²) in [4.78, 5) is 9.65. The Balaban J connectivity index is 2.22. The zero-order valence-electron chi connectivity index (χ0n) is 8.90. The fraction of sp³-hybridized carbons (Fsp3) is 0.273. The highest BCUT2D eigenvalue weighted by Crippen LogP contribution is 2.28. The van der Waals surface area contributed by atoms with E-state index in [0.29, 0.717) is 0 Å². The van der Waals surface area contributed by atoms with Crippen LogP contribution in [0.25, 0.3) is 10.7 Å². The van der Waals surface area contributed by atoms with Crippen LogP contribution in [0.3, 0.4) is 0 Å². The third-order valence-electron chi connectivity index (χ3n) is 2.01. The van der Waals surface area contributed by atoms with Crippen LogP contribution in [0.15, 0.2) is 24.4 Å². The molecule has 84 valence electrons. The van der Waals surface area contributed by atoms with Crippen molar-refractivity contribution in [3.8, 4) is 10.7 Å². The number of halogens is 1. The van der Waals surface area contributed by atoms with Crippen molar-refractivity contribution < 1.29 is 0 Å². The molecule has 3 nitrogen and oxygen atoms in total. The summed E-state index contributed by atoms with van der Waals surface area (Å²) in [5.41, 5.74) is 0. The molecule has 0 atom stereocenters. The second kappa shape index (κ2) is 5.27. The van der Waals surface area contributed by atoms with Crippen molar-refractivity contribution in [2.75, 3.05) is 11.9 Å². The van der Waals surface area contributed by atoms with Crippen molar-refractivity contribution in [3.63, 3.8) is 0 Å². The molecule has 0 fully saturated rings. The van der Waals surface area contributed by atoms with Gasteiger partial charge in [-0.1, -0.05) is 18.5 Å². The fourth-order valence-electron chi connectivity index (χ4n) is 1.26. The van der Waals surface area contributed by atoms with E-state index >= 15 is 0 Å². The predicted molar refractivity (Wildman–Crippen MR) is 69.1 cm³/mol. The third kappa shape index (κ3) is 2.71. The molecule has 0 radical (unpaired) electrons. The number of hydrogen-bond donors (Lipinski definition) is 1. The standard InChI is InChI=1S/C11H12ClN3S/c1-2-6-13-10-5-7-14-11(15-10)8-3-4-9(12)16-8/h3-5,7H,2,6H2,1H3,(H,13,14,15). The molecule has 0 aromatic carbocycles. The minimum absolute atomic E-state index is 0.720. The van der Waals surface area contributed by atoms with Crippen molar-refractivity contribution in [1.82, 2.24) is 9.97 Å². The summed E-state index contributed by atoms with van der Waals surface area (Å²) in [5, 5.41) is 3.23. The number of nitrogens with zero attached hydrogens (tertiary/aromatic N) is 2. The lowest BCUT2D eigenvalue weighted by molar-refractivity contribution is 0.966. The van der Waals surface area contributed by atoms with Gasteiger partial charge in [0.25, 0.3) is 0 Å². The molecule has 2 heterocycles. The minimum Gasteiger partial charge on any atom is -0.370 e. The van der Waals surface area contributed by atoms with Gasteiger partial charge in [0.1, 0.15) is 5.82 Å². The molecule has 0 amide bonds. The summed E-state index contributed by atoms with van der Waals surface area (Å²) >= 11 is 7.37. The van der Waals surface area contributed by atoms with Crippen LogP contribution in [0.1, 0.15) is 13.3 Å². The lowest BCUT2D eigenvalue weighted by atomic mass is 10.4. The van der Waals surface area contributed by atoms with Crippen LogP contribution in [0.2, 0.25) is 4.34 Å². The lowest BCUT2D eigenvalue weighted by Gasteiger charge is -2.04. The van der Waals surface area contributed by atoms with Crippen molar-refractivity contribution in [3.05, 3.63) is 28.7 Å². The normalized spacial score (nSPS) is 10.4. The number of nitrogens with one attached hydrogen (secondary N) is 1. The van der Waals surface area contributed by atoms with Crippen LogP contribution in [0, 0.1) is 0 Å². The van der Waals surface area contributed by atoms with Crippen LogP contribution >= 0.6 is 22.9 Å². The topological polar surface area (TPSA) is 37.8 Å². The molecule has 0 unspecified atom stereocenters. The monoisotopic (exact) mass is 253 g/mol. The van der Waals surface area contributed by atoms with Gasteiger partial charge in [0.15, 0.2) is 5.82 Å². The molecular formula is C11H12ClN3S. The first-order valence-electron chi connectivity index (χ1n) is 5.12. The van der Waals surface area contributed by atoms with Crippen LogP contribution in [-0.4, -0.2) is 16.5 Å². The third-order valence-corrected chi connectivity index (χ3v) is 3.23. The van der Waals surface area contributed by atoms with Gasteiger partial charge in [-0.3, -0.25) is 0 Å². The first-order chi connectivity index (χ1) is 7.79. The predicted octanol–water partition coefficient (Wildman–Crippen LogP) is 3.68. The van der Waals surface area contributed by atoms with E-state index in [1.165, 1.54) is 11.3 Å². The Morgan fingerprint density at radius 3 is 2.94 bits per heavy atom. The highest BCUT2D eigenvalue weighted by molar-refractivity contribution is 7.19.